The van der Waals surface area contributed by atoms with Crippen molar-refractivity contribution in [1.82, 2.24) is 15.3 Å². The molecule has 7 nitrogen and oxygen atoms in total. The summed E-state index contributed by atoms with van der Waals surface area (Å²) in [4.78, 5) is 31.1. The number of hydrogen-bond donors (Lipinski definition) is 3. The minimum atomic E-state index is -1.16. The van der Waals surface area contributed by atoms with Crippen molar-refractivity contribution in [3.05, 3.63) is 29.8 Å². The Bertz CT molecular complexity index is 951. The second kappa shape index (κ2) is 5.47. The van der Waals surface area contributed by atoms with E-state index in [1.54, 1.807) is 6.20 Å². The number of nitrogens with one attached hydrogen (secondary N) is 1. The van der Waals surface area contributed by atoms with Gasteiger partial charge in [-0.25, -0.2) is 4.98 Å². The average molecular weight is 331 g/mol. The highest BCUT2D eigenvalue weighted by atomic mass is 32.1. The van der Waals surface area contributed by atoms with E-state index in [0.717, 1.165) is 21.2 Å². The molecule has 1 unspecified atom stereocenters. The van der Waals surface area contributed by atoms with Gasteiger partial charge in [0.25, 0.3) is 5.91 Å². The minimum Gasteiger partial charge on any atom is -0.504 e. The number of rotatable bonds is 3. The van der Waals surface area contributed by atoms with Crippen LogP contribution in [-0.2, 0) is 4.79 Å². The molecule has 3 N–H and O–H groups in total. The monoisotopic (exact) mass is 331 g/mol. The van der Waals surface area contributed by atoms with Gasteiger partial charge in [0.15, 0.2) is 11.4 Å². The van der Waals surface area contributed by atoms with Gasteiger partial charge in [-0.05, 0) is 19.9 Å². The predicted molar refractivity (Wildman–Crippen MR) is 85.9 cm³/mol. The maximum Gasteiger partial charge on any atom is 0.325 e. The quantitative estimate of drug-likeness (QED) is 0.677. The first kappa shape index (κ1) is 15.2. The molecule has 0 spiro atoms. The lowest BCUT2D eigenvalue weighted by molar-refractivity contribution is -0.138. The van der Waals surface area contributed by atoms with E-state index in [9.17, 15) is 14.7 Å². The van der Waals surface area contributed by atoms with Crippen LogP contribution in [0, 0.1) is 6.92 Å². The number of aromatic nitrogens is 2. The van der Waals surface area contributed by atoms with Gasteiger partial charge in [-0.15, -0.1) is 11.3 Å². The normalized spacial score (nSPS) is 12.4. The van der Waals surface area contributed by atoms with Gasteiger partial charge < -0.3 is 15.5 Å². The largest absolute Gasteiger partial charge is 0.504 e. The number of nitrogens with zero attached hydrogens (tertiary/aromatic N) is 2. The van der Waals surface area contributed by atoms with Crippen LogP contribution in [0.25, 0.3) is 20.2 Å². The van der Waals surface area contributed by atoms with Crippen LogP contribution in [0.3, 0.4) is 0 Å². The molecule has 0 fully saturated rings. The molecule has 0 aliphatic carbocycles. The molecule has 3 aromatic heterocycles. The van der Waals surface area contributed by atoms with Crippen molar-refractivity contribution in [2.75, 3.05) is 0 Å². The molecular weight excluding hydrogens is 318 g/mol. The topological polar surface area (TPSA) is 112 Å². The highest BCUT2D eigenvalue weighted by Crippen LogP contribution is 2.39. The summed E-state index contributed by atoms with van der Waals surface area (Å²) in [5.74, 6) is -2.15. The van der Waals surface area contributed by atoms with Gasteiger partial charge in [0, 0.05) is 28.9 Å². The van der Waals surface area contributed by atoms with E-state index < -0.39 is 17.9 Å². The highest BCUT2D eigenvalue weighted by Gasteiger charge is 2.22. The number of aliphatic carboxylic acids is 1. The number of fused-ring (bicyclic) bond motifs is 3. The Kier molecular flexibility index (Phi) is 3.61. The fourth-order valence-corrected chi connectivity index (χ4v) is 3.29. The number of carbonyl (C=O) groups is 2. The van der Waals surface area contributed by atoms with Gasteiger partial charge >= 0.3 is 5.97 Å². The smallest absolute Gasteiger partial charge is 0.325 e. The molecular formula is C15H13N3O4S. The Balaban J connectivity index is 2.10. The maximum atomic E-state index is 12.1. The van der Waals surface area contributed by atoms with Gasteiger partial charge in [0.05, 0.1) is 9.40 Å². The molecule has 1 amide bonds. The van der Waals surface area contributed by atoms with Gasteiger partial charge in [-0.2, -0.15) is 0 Å². The Labute approximate surface area is 134 Å². The van der Waals surface area contributed by atoms with Gasteiger partial charge in [-0.3, -0.25) is 14.6 Å². The average Bonchev–Trinajstić information content (AvgIpc) is 2.86. The number of aromatic hydroxyl groups is 1. The van der Waals surface area contributed by atoms with E-state index >= 15 is 0 Å². The van der Waals surface area contributed by atoms with Crippen molar-refractivity contribution in [3.8, 4) is 5.75 Å². The summed E-state index contributed by atoms with van der Waals surface area (Å²) in [6, 6.07) is 0.815. The number of carboxylic acid groups (broad SMARTS) is 1. The number of pyridine rings is 2. The molecule has 3 heterocycles. The highest BCUT2D eigenvalue weighted by molar-refractivity contribution is 7.26. The first-order chi connectivity index (χ1) is 10.9. The Morgan fingerprint density at radius 3 is 2.70 bits per heavy atom. The van der Waals surface area contributed by atoms with E-state index in [1.165, 1.54) is 24.5 Å². The molecule has 1 atom stereocenters. The minimum absolute atomic E-state index is 0.193. The fourth-order valence-electron chi connectivity index (χ4n) is 2.22. The molecule has 23 heavy (non-hydrogen) atoms. The molecule has 3 rings (SSSR count). The van der Waals surface area contributed by atoms with Crippen molar-refractivity contribution in [2.45, 2.75) is 19.9 Å². The van der Waals surface area contributed by atoms with Crippen molar-refractivity contribution in [1.29, 1.82) is 0 Å². The van der Waals surface area contributed by atoms with Crippen LogP contribution >= 0.6 is 11.3 Å². The number of carbonyl (C=O) groups excluding carboxylic acids is 1. The SMILES string of the molecule is Cc1cc2c(cn1)sc1c(O)c(C(=O)NC(C)C(=O)O)ncc12. The molecule has 0 saturated heterocycles. The van der Waals surface area contributed by atoms with Crippen LogP contribution in [0.15, 0.2) is 18.5 Å². The summed E-state index contributed by atoms with van der Waals surface area (Å²) >= 11 is 1.30. The van der Waals surface area contributed by atoms with Crippen molar-refractivity contribution < 1.29 is 19.8 Å². The van der Waals surface area contributed by atoms with E-state index in [4.69, 9.17) is 5.11 Å². The van der Waals surface area contributed by atoms with Crippen LogP contribution in [0.1, 0.15) is 23.1 Å². The number of amides is 1. The predicted octanol–water partition coefficient (Wildman–Crippen LogP) is 2.06. The van der Waals surface area contributed by atoms with Crippen LogP contribution in [0.5, 0.6) is 5.75 Å². The molecule has 8 heteroatoms. The summed E-state index contributed by atoms with van der Waals surface area (Å²) < 4.78 is 1.40. The van der Waals surface area contributed by atoms with Gasteiger partial charge in [0.2, 0.25) is 0 Å². The van der Waals surface area contributed by atoms with Crippen LogP contribution in [-0.4, -0.2) is 38.1 Å². The van der Waals surface area contributed by atoms with Crippen LogP contribution in [0.4, 0.5) is 0 Å². The summed E-state index contributed by atoms with van der Waals surface area (Å²) in [6.45, 7) is 3.20. The van der Waals surface area contributed by atoms with Gasteiger partial charge in [0.1, 0.15) is 6.04 Å². The fraction of sp³-hybridized carbons (Fsp3) is 0.200. The first-order valence-electron chi connectivity index (χ1n) is 6.79. The zero-order chi connectivity index (χ0) is 16.7. The number of hydrogen-bond acceptors (Lipinski definition) is 6. The van der Waals surface area contributed by atoms with E-state index in [0.29, 0.717) is 4.70 Å². The van der Waals surface area contributed by atoms with Crippen molar-refractivity contribution >= 4 is 43.4 Å². The third-order valence-electron chi connectivity index (χ3n) is 3.45. The number of carboxylic acids is 1. The van der Waals surface area contributed by atoms with Crippen LogP contribution < -0.4 is 5.32 Å². The lowest BCUT2D eigenvalue weighted by Gasteiger charge is -2.09. The van der Waals surface area contributed by atoms with Crippen LogP contribution in [0.2, 0.25) is 0 Å². The molecule has 0 radical (unpaired) electrons. The zero-order valence-corrected chi connectivity index (χ0v) is 13.1. The summed E-state index contributed by atoms with van der Waals surface area (Å²) in [6.07, 6.45) is 3.22. The van der Waals surface area contributed by atoms with Crippen molar-refractivity contribution in [2.24, 2.45) is 0 Å². The molecule has 3 aromatic rings. The zero-order valence-electron chi connectivity index (χ0n) is 12.3. The Hall–Kier alpha value is -2.74. The molecule has 118 valence electrons. The van der Waals surface area contributed by atoms with Crippen molar-refractivity contribution in [3.63, 3.8) is 0 Å². The number of thiophene rings is 1. The molecule has 0 bridgehead atoms. The van der Waals surface area contributed by atoms with E-state index in [-0.39, 0.29) is 11.4 Å². The van der Waals surface area contributed by atoms with Gasteiger partial charge in [-0.1, -0.05) is 0 Å². The molecule has 0 aliphatic rings. The Morgan fingerprint density at radius 1 is 1.26 bits per heavy atom. The van der Waals surface area contributed by atoms with E-state index in [2.05, 4.69) is 15.3 Å². The maximum absolute atomic E-state index is 12.1. The second-order valence-corrected chi connectivity index (χ2v) is 6.21. The lowest BCUT2D eigenvalue weighted by Crippen LogP contribution is -2.38. The second-order valence-electron chi connectivity index (χ2n) is 5.16. The third kappa shape index (κ3) is 2.57. The third-order valence-corrected chi connectivity index (χ3v) is 4.61. The Morgan fingerprint density at radius 2 is 2.00 bits per heavy atom. The molecule has 0 saturated carbocycles. The summed E-state index contributed by atoms with van der Waals surface area (Å²) in [7, 11) is 0. The summed E-state index contributed by atoms with van der Waals surface area (Å²) in [5, 5.41) is 23.1. The molecule has 0 aromatic carbocycles. The molecule has 0 aliphatic heterocycles. The summed E-state index contributed by atoms with van der Waals surface area (Å²) in [5.41, 5.74) is 0.649. The van der Waals surface area contributed by atoms with E-state index in [1.807, 2.05) is 13.0 Å². The first-order valence-corrected chi connectivity index (χ1v) is 7.60. The number of aryl methyl sites for hydroxylation is 1. The lowest BCUT2D eigenvalue weighted by atomic mass is 10.2. The standard InChI is InChI=1S/C15H13N3O4S/c1-6-3-8-9-4-17-11(14(20)18-7(2)15(21)22)12(19)13(9)23-10(8)5-16-6/h3-5,7,19H,1-2H3,(H,18,20)(H,21,22).